The topological polar surface area (TPSA) is 95.9 Å². The number of hydrogen-bond acceptors (Lipinski definition) is 5. The van der Waals surface area contributed by atoms with E-state index in [2.05, 4.69) is 73.0 Å². The third kappa shape index (κ3) is 15.8. The summed E-state index contributed by atoms with van der Waals surface area (Å²) < 4.78 is 32.5. The van der Waals surface area contributed by atoms with Gasteiger partial charge in [0.15, 0.2) is 0 Å². The van der Waals surface area contributed by atoms with Gasteiger partial charge in [-0.25, -0.2) is 13.6 Å². The molecule has 0 amide bonds. The average molecular weight is 620 g/mol. The summed E-state index contributed by atoms with van der Waals surface area (Å²) in [5.41, 5.74) is -0.163. The molecule has 0 saturated carbocycles. The second kappa shape index (κ2) is 22.2. The molecule has 0 saturated heterocycles. The molecule has 45 heavy (non-hydrogen) atoms. The summed E-state index contributed by atoms with van der Waals surface area (Å²) in [7, 11) is 0. The third-order valence-corrected chi connectivity index (χ3v) is 6.36. The van der Waals surface area contributed by atoms with Crippen molar-refractivity contribution < 1.29 is 33.3 Å². The van der Waals surface area contributed by atoms with Crippen molar-refractivity contribution in [1.82, 2.24) is 5.32 Å². The van der Waals surface area contributed by atoms with Gasteiger partial charge < -0.3 is 14.9 Å². The van der Waals surface area contributed by atoms with Gasteiger partial charge in [-0.2, -0.15) is 0 Å². The van der Waals surface area contributed by atoms with E-state index in [1.807, 2.05) is 12.2 Å². The average Bonchev–Trinajstić information content (AvgIpc) is 3.01. The molecule has 240 valence electrons. The van der Waals surface area contributed by atoms with Gasteiger partial charge in [-0.15, -0.1) is 0 Å². The van der Waals surface area contributed by atoms with E-state index in [-0.39, 0.29) is 29.0 Å². The van der Waals surface area contributed by atoms with Crippen LogP contribution in [0.15, 0.2) is 109 Å². The highest BCUT2D eigenvalue weighted by atomic mass is 19.1. The zero-order valence-corrected chi connectivity index (χ0v) is 25.7. The van der Waals surface area contributed by atoms with Crippen LogP contribution < -0.4 is 10.1 Å². The number of carbonyl (C=O) groups excluding carboxylic acids is 1. The molecule has 0 aliphatic carbocycles. The summed E-state index contributed by atoms with van der Waals surface area (Å²) in [5, 5.41) is 22.3. The van der Waals surface area contributed by atoms with Crippen LogP contribution in [-0.4, -0.2) is 34.9 Å². The van der Waals surface area contributed by atoms with Gasteiger partial charge >= 0.3 is 11.9 Å². The standard InChI is InChI=1S/C37H43F2NO5/c1-2-3-4-5-6-7-8-9-10-11-12-13-14-15-16-17-18-19-20-21-35(41)40-28-36(42)45-34-25-22-29(26-32(34)37(43)44)31-24-23-30(38)27-33(31)39/h3-4,6-7,9-10,12-13,15-16,18-19,22-27,35,40-41H,2,5,8,11,14,17,20-21,28H2,1H3,(H,43,44)/b4-3-,7-6-,10-9-,13-12-,16-15-,19-18-. The molecule has 1 unspecified atom stereocenters. The summed E-state index contributed by atoms with van der Waals surface area (Å²) >= 11 is 0. The van der Waals surface area contributed by atoms with Crippen molar-refractivity contribution in [2.75, 3.05) is 6.54 Å². The predicted molar refractivity (Wildman–Crippen MR) is 176 cm³/mol. The van der Waals surface area contributed by atoms with Crippen molar-refractivity contribution in [3.63, 3.8) is 0 Å². The number of nitrogens with one attached hydrogen (secondary N) is 1. The number of aliphatic hydroxyl groups is 1. The lowest BCUT2D eigenvalue weighted by molar-refractivity contribution is -0.134. The molecule has 6 nitrogen and oxygen atoms in total. The van der Waals surface area contributed by atoms with Gasteiger partial charge in [0, 0.05) is 11.6 Å². The molecule has 2 rings (SSSR count). The van der Waals surface area contributed by atoms with Crippen molar-refractivity contribution in [1.29, 1.82) is 0 Å². The molecule has 0 fully saturated rings. The molecule has 2 aromatic carbocycles. The highest BCUT2D eigenvalue weighted by Gasteiger charge is 2.18. The second-order valence-electron chi connectivity index (χ2n) is 10.0. The summed E-state index contributed by atoms with van der Waals surface area (Å²) in [6, 6.07) is 6.71. The maximum absolute atomic E-state index is 14.1. The van der Waals surface area contributed by atoms with Crippen LogP contribution in [0.3, 0.4) is 0 Å². The molecule has 0 bridgehead atoms. The number of carbonyl (C=O) groups is 2. The van der Waals surface area contributed by atoms with Crippen LogP contribution in [0.2, 0.25) is 0 Å². The normalized spacial score (nSPS) is 13.0. The van der Waals surface area contributed by atoms with E-state index in [1.165, 1.54) is 18.2 Å². The minimum absolute atomic E-state index is 0.00785. The third-order valence-electron chi connectivity index (χ3n) is 6.36. The summed E-state index contributed by atoms with van der Waals surface area (Å²) in [6.45, 7) is 1.78. The number of aromatic carboxylic acids is 1. The van der Waals surface area contributed by atoms with Gasteiger partial charge in [-0.3, -0.25) is 10.1 Å². The number of allylic oxidation sites excluding steroid dienone is 12. The Morgan fingerprint density at radius 2 is 1.36 bits per heavy atom. The Morgan fingerprint density at radius 1 is 0.800 bits per heavy atom. The van der Waals surface area contributed by atoms with E-state index in [9.17, 15) is 28.6 Å². The Kier molecular flexibility index (Phi) is 18.1. The smallest absolute Gasteiger partial charge is 0.339 e. The highest BCUT2D eigenvalue weighted by molar-refractivity contribution is 5.94. The number of rotatable bonds is 20. The molecule has 0 aromatic heterocycles. The largest absolute Gasteiger partial charge is 0.478 e. The van der Waals surface area contributed by atoms with E-state index in [0.717, 1.165) is 50.7 Å². The van der Waals surface area contributed by atoms with Crippen LogP contribution in [0.25, 0.3) is 11.1 Å². The number of aliphatic hydroxyl groups excluding tert-OH is 1. The fraction of sp³-hybridized carbons (Fsp3) is 0.297. The fourth-order valence-electron chi connectivity index (χ4n) is 4.03. The molecule has 0 radical (unpaired) electrons. The molecular formula is C37H43F2NO5. The van der Waals surface area contributed by atoms with Crippen molar-refractivity contribution in [2.45, 2.75) is 64.5 Å². The molecule has 0 heterocycles. The minimum Gasteiger partial charge on any atom is -0.478 e. The van der Waals surface area contributed by atoms with Gasteiger partial charge in [0.05, 0.1) is 6.54 Å². The van der Waals surface area contributed by atoms with Crippen LogP contribution in [0.5, 0.6) is 5.75 Å². The van der Waals surface area contributed by atoms with E-state index in [1.54, 1.807) is 0 Å². The van der Waals surface area contributed by atoms with Crippen molar-refractivity contribution >= 4 is 11.9 Å². The molecular weight excluding hydrogens is 576 g/mol. The number of ether oxygens (including phenoxy) is 1. The maximum atomic E-state index is 14.1. The summed E-state index contributed by atoms with van der Waals surface area (Å²) in [4.78, 5) is 24.0. The molecule has 0 spiro atoms. The fourth-order valence-corrected chi connectivity index (χ4v) is 4.03. The summed E-state index contributed by atoms with van der Waals surface area (Å²) in [6.07, 6.45) is 31.1. The lowest BCUT2D eigenvalue weighted by atomic mass is 10.0. The molecule has 1 atom stereocenters. The van der Waals surface area contributed by atoms with E-state index in [4.69, 9.17) is 4.74 Å². The Labute approximate surface area is 264 Å². The molecule has 2 aromatic rings. The number of benzene rings is 2. The van der Waals surface area contributed by atoms with E-state index in [0.29, 0.717) is 18.9 Å². The molecule has 0 aliphatic rings. The molecule has 3 N–H and O–H groups in total. The van der Waals surface area contributed by atoms with Crippen LogP contribution >= 0.6 is 0 Å². The zero-order valence-electron chi connectivity index (χ0n) is 25.7. The first-order valence-electron chi connectivity index (χ1n) is 15.2. The van der Waals surface area contributed by atoms with Crippen molar-refractivity contribution in [2.24, 2.45) is 0 Å². The number of esters is 1. The Balaban J connectivity index is 1.62. The zero-order chi connectivity index (χ0) is 32.7. The van der Waals surface area contributed by atoms with E-state index >= 15 is 0 Å². The quantitative estimate of drug-likeness (QED) is 0.0594. The molecule has 0 aliphatic heterocycles. The van der Waals surface area contributed by atoms with Crippen LogP contribution in [0, 0.1) is 11.6 Å². The summed E-state index contributed by atoms with van der Waals surface area (Å²) in [5.74, 6) is -4.02. The van der Waals surface area contributed by atoms with Crippen LogP contribution in [0.4, 0.5) is 8.78 Å². The SMILES string of the molecule is CC/C=C\C/C=C\C/C=C\C/C=C\C/C=C\C/C=C\CCC(O)NCC(=O)Oc1ccc(-c2ccc(F)cc2F)cc1C(=O)O. The van der Waals surface area contributed by atoms with Gasteiger partial charge in [-0.1, -0.05) is 85.9 Å². The lowest BCUT2D eigenvalue weighted by Crippen LogP contribution is -2.35. The molecule has 8 heteroatoms. The monoisotopic (exact) mass is 619 g/mol. The first-order chi connectivity index (χ1) is 21.8. The van der Waals surface area contributed by atoms with Crippen LogP contribution in [0.1, 0.15) is 68.6 Å². The van der Waals surface area contributed by atoms with E-state index < -0.39 is 29.8 Å². The number of carboxylic acids is 1. The number of hydrogen-bond donors (Lipinski definition) is 3. The Hall–Kier alpha value is -4.40. The highest BCUT2D eigenvalue weighted by Crippen LogP contribution is 2.29. The lowest BCUT2D eigenvalue weighted by Gasteiger charge is -2.13. The Morgan fingerprint density at radius 3 is 1.89 bits per heavy atom. The second-order valence-corrected chi connectivity index (χ2v) is 10.0. The minimum atomic E-state index is -1.38. The Bertz CT molecular complexity index is 1390. The van der Waals surface area contributed by atoms with Gasteiger partial charge in [0.2, 0.25) is 0 Å². The van der Waals surface area contributed by atoms with Gasteiger partial charge in [-0.05, 0) is 81.2 Å². The predicted octanol–water partition coefficient (Wildman–Crippen LogP) is 8.62. The van der Waals surface area contributed by atoms with Gasteiger partial charge in [0.1, 0.15) is 29.2 Å². The van der Waals surface area contributed by atoms with Crippen molar-refractivity contribution in [3.8, 4) is 16.9 Å². The number of halogens is 2. The first kappa shape index (κ1) is 36.8. The van der Waals surface area contributed by atoms with Crippen LogP contribution in [-0.2, 0) is 4.79 Å². The van der Waals surface area contributed by atoms with Gasteiger partial charge in [0.25, 0.3) is 0 Å². The first-order valence-corrected chi connectivity index (χ1v) is 15.2. The maximum Gasteiger partial charge on any atom is 0.339 e. The number of carboxylic acid groups (broad SMARTS) is 1. The van der Waals surface area contributed by atoms with Crippen molar-refractivity contribution in [3.05, 3.63) is 127 Å².